The number of nitrogens with zero attached hydrogens (tertiary/aromatic N) is 2. The van der Waals surface area contributed by atoms with E-state index in [-0.39, 0.29) is 0 Å². The average molecular weight is 252 g/mol. The smallest absolute Gasteiger partial charge is 0.0594 e. The van der Waals surface area contributed by atoms with Crippen LogP contribution in [0.5, 0.6) is 0 Å². The van der Waals surface area contributed by atoms with Crippen molar-refractivity contribution in [2.45, 2.75) is 51.1 Å². The van der Waals surface area contributed by atoms with Gasteiger partial charge in [-0.1, -0.05) is 13.8 Å². The first-order valence-corrected chi connectivity index (χ1v) is 7.79. The monoisotopic (exact) mass is 252 g/mol. The number of rotatable bonds is 3. The third kappa shape index (κ3) is 2.10. The summed E-state index contributed by atoms with van der Waals surface area (Å²) in [6, 6.07) is 0.813. The van der Waals surface area contributed by atoms with E-state index in [1.54, 1.807) is 0 Å². The van der Waals surface area contributed by atoms with Gasteiger partial charge in [-0.15, -0.1) is 0 Å². The van der Waals surface area contributed by atoms with Gasteiger partial charge in [-0.25, -0.2) is 0 Å². The molecule has 3 aliphatic rings. The zero-order valence-electron chi connectivity index (χ0n) is 12.0. The number of hydrogen-bond donors (Lipinski definition) is 0. The van der Waals surface area contributed by atoms with Crippen LogP contribution in [-0.4, -0.2) is 60.8 Å². The van der Waals surface area contributed by atoms with E-state index in [2.05, 4.69) is 23.6 Å². The standard InChI is InChI=1S/C15H28N2O/c1-13(2)15-5-3-7-17(15)14(4-6-15)12-16-8-10-18-11-9-16/h13-14H,3-12H2,1-2H3. The van der Waals surface area contributed by atoms with Crippen LogP contribution in [0.25, 0.3) is 0 Å². The molecular weight excluding hydrogens is 224 g/mol. The van der Waals surface area contributed by atoms with Gasteiger partial charge in [-0.3, -0.25) is 9.80 Å². The lowest BCUT2D eigenvalue weighted by atomic mass is 9.83. The fourth-order valence-corrected chi connectivity index (χ4v) is 4.49. The van der Waals surface area contributed by atoms with Gasteiger partial charge in [0.1, 0.15) is 0 Å². The molecular formula is C15H28N2O. The second-order valence-electron chi connectivity index (χ2n) is 6.66. The molecule has 0 amide bonds. The number of ether oxygens (including phenoxy) is 1. The van der Waals surface area contributed by atoms with Gasteiger partial charge >= 0.3 is 0 Å². The molecule has 3 aliphatic heterocycles. The van der Waals surface area contributed by atoms with Crippen LogP contribution < -0.4 is 0 Å². The van der Waals surface area contributed by atoms with E-state index in [1.165, 1.54) is 38.8 Å². The summed E-state index contributed by atoms with van der Waals surface area (Å²) in [6.45, 7) is 11.6. The van der Waals surface area contributed by atoms with Crippen LogP contribution in [0.15, 0.2) is 0 Å². The lowest BCUT2D eigenvalue weighted by molar-refractivity contribution is 0.0182. The Hall–Kier alpha value is -0.120. The molecule has 3 fully saturated rings. The van der Waals surface area contributed by atoms with E-state index in [0.29, 0.717) is 5.54 Å². The van der Waals surface area contributed by atoms with Gasteiger partial charge in [0.2, 0.25) is 0 Å². The SMILES string of the molecule is CC(C)C12CCCN1C(CN1CCOCC1)CC2. The van der Waals surface area contributed by atoms with Gasteiger partial charge in [0, 0.05) is 31.2 Å². The molecule has 2 atom stereocenters. The summed E-state index contributed by atoms with van der Waals surface area (Å²) >= 11 is 0. The number of morpholine rings is 1. The molecule has 104 valence electrons. The van der Waals surface area contributed by atoms with Crippen molar-refractivity contribution < 1.29 is 4.74 Å². The first-order valence-electron chi connectivity index (χ1n) is 7.79. The fourth-order valence-electron chi connectivity index (χ4n) is 4.49. The Kier molecular flexibility index (Phi) is 3.65. The van der Waals surface area contributed by atoms with E-state index in [4.69, 9.17) is 4.74 Å². The fraction of sp³-hybridized carbons (Fsp3) is 1.00. The Balaban J connectivity index is 1.64. The maximum atomic E-state index is 5.45. The van der Waals surface area contributed by atoms with Crippen LogP contribution in [0.3, 0.4) is 0 Å². The molecule has 3 nitrogen and oxygen atoms in total. The van der Waals surface area contributed by atoms with Gasteiger partial charge in [-0.05, 0) is 38.1 Å². The summed E-state index contributed by atoms with van der Waals surface area (Å²) in [7, 11) is 0. The van der Waals surface area contributed by atoms with Crippen molar-refractivity contribution in [2.24, 2.45) is 5.92 Å². The average Bonchev–Trinajstić information content (AvgIpc) is 2.92. The molecule has 0 bridgehead atoms. The van der Waals surface area contributed by atoms with Gasteiger partial charge < -0.3 is 4.74 Å². The molecule has 3 heterocycles. The molecule has 2 unspecified atom stereocenters. The van der Waals surface area contributed by atoms with E-state index < -0.39 is 0 Å². The third-order valence-corrected chi connectivity index (χ3v) is 5.58. The first kappa shape index (κ1) is 12.9. The maximum absolute atomic E-state index is 5.45. The zero-order valence-corrected chi connectivity index (χ0v) is 12.0. The Bertz CT molecular complexity index is 288. The summed E-state index contributed by atoms with van der Waals surface area (Å²) in [4.78, 5) is 5.48. The van der Waals surface area contributed by atoms with E-state index in [1.807, 2.05) is 0 Å². The summed E-state index contributed by atoms with van der Waals surface area (Å²) in [5.41, 5.74) is 0.553. The molecule has 18 heavy (non-hydrogen) atoms. The molecule has 0 saturated carbocycles. The van der Waals surface area contributed by atoms with Gasteiger partial charge in [0.15, 0.2) is 0 Å². The summed E-state index contributed by atoms with van der Waals surface area (Å²) < 4.78 is 5.45. The minimum absolute atomic E-state index is 0.553. The highest BCUT2D eigenvalue weighted by Crippen LogP contribution is 2.47. The topological polar surface area (TPSA) is 15.7 Å². The predicted octanol–water partition coefficient (Wildman–Crippen LogP) is 1.97. The quantitative estimate of drug-likeness (QED) is 0.764. The van der Waals surface area contributed by atoms with E-state index >= 15 is 0 Å². The van der Waals surface area contributed by atoms with Crippen molar-refractivity contribution in [3.05, 3.63) is 0 Å². The van der Waals surface area contributed by atoms with Crippen molar-refractivity contribution in [1.82, 2.24) is 9.80 Å². The molecule has 0 aromatic carbocycles. The van der Waals surface area contributed by atoms with Crippen molar-refractivity contribution in [3.63, 3.8) is 0 Å². The minimum atomic E-state index is 0.553. The first-order chi connectivity index (χ1) is 8.72. The van der Waals surface area contributed by atoms with Crippen LogP contribution in [0.4, 0.5) is 0 Å². The largest absolute Gasteiger partial charge is 0.379 e. The van der Waals surface area contributed by atoms with Crippen molar-refractivity contribution in [2.75, 3.05) is 39.4 Å². The predicted molar refractivity (Wildman–Crippen MR) is 73.8 cm³/mol. The summed E-state index contributed by atoms with van der Waals surface area (Å²) in [5, 5.41) is 0. The highest BCUT2D eigenvalue weighted by Gasteiger charge is 2.50. The minimum Gasteiger partial charge on any atom is -0.379 e. The molecule has 3 heteroatoms. The maximum Gasteiger partial charge on any atom is 0.0594 e. The highest BCUT2D eigenvalue weighted by atomic mass is 16.5. The third-order valence-electron chi connectivity index (χ3n) is 5.58. The molecule has 0 aliphatic carbocycles. The Morgan fingerprint density at radius 2 is 1.94 bits per heavy atom. The van der Waals surface area contributed by atoms with Gasteiger partial charge in [-0.2, -0.15) is 0 Å². The van der Waals surface area contributed by atoms with Gasteiger partial charge in [0.25, 0.3) is 0 Å². The normalized spacial score (nSPS) is 38.5. The Morgan fingerprint density at radius 3 is 2.67 bits per heavy atom. The Morgan fingerprint density at radius 1 is 1.17 bits per heavy atom. The van der Waals surface area contributed by atoms with Crippen LogP contribution in [0.1, 0.15) is 39.5 Å². The Labute approximate surface area is 111 Å². The molecule has 0 aromatic rings. The second-order valence-corrected chi connectivity index (χ2v) is 6.66. The molecule has 3 rings (SSSR count). The molecule has 0 spiro atoms. The van der Waals surface area contributed by atoms with Gasteiger partial charge in [0.05, 0.1) is 13.2 Å². The number of fused-ring (bicyclic) bond motifs is 1. The van der Waals surface area contributed by atoms with Crippen LogP contribution >= 0.6 is 0 Å². The summed E-state index contributed by atoms with van der Waals surface area (Å²) in [6.07, 6.45) is 5.69. The molecule has 0 radical (unpaired) electrons. The van der Waals surface area contributed by atoms with E-state index in [9.17, 15) is 0 Å². The zero-order chi connectivity index (χ0) is 12.6. The van der Waals surface area contributed by atoms with Crippen molar-refractivity contribution >= 4 is 0 Å². The molecule has 3 saturated heterocycles. The van der Waals surface area contributed by atoms with Crippen molar-refractivity contribution in [1.29, 1.82) is 0 Å². The number of hydrogen-bond acceptors (Lipinski definition) is 3. The second kappa shape index (κ2) is 5.10. The molecule has 0 aromatic heterocycles. The van der Waals surface area contributed by atoms with Crippen LogP contribution in [0, 0.1) is 5.92 Å². The lowest BCUT2D eigenvalue weighted by Gasteiger charge is -2.40. The molecule has 0 N–H and O–H groups in total. The summed E-state index contributed by atoms with van der Waals surface area (Å²) in [5.74, 6) is 0.815. The van der Waals surface area contributed by atoms with Crippen LogP contribution in [0.2, 0.25) is 0 Å². The van der Waals surface area contributed by atoms with E-state index in [0.717, 1.165) is 38.3 Å². The highest BCUT2D eigenvalue weighted by molar-refractivity contribution is 5.06. The van der Waals surface area contributed by atoms with Crippen LogP contribution in [-0.2, 0) is 4.74 Å². The van der Waals surface area contributed by atoms with Crippen molar-refractivity contribution in [3.8, 4) is 0 Å². The lowest BCUT2D eigenvalue weighted by Crippen LogP contribution is -2.50.